The van der Waals surface area contributed by atoms with Gasteiger partial charge in [-0.3, -0.25) is 4.79 Å². The number of ketones is 1. The van der Waals surface area contributed by atoms with Crippen LogP contribution in [0.2, 0.25) is 0 Å². The molecule has 2 rings (SSSR count). The van der Waals surface area contributed by atoms with Gasteiger partial charge in [-0.05, 0) is 52.7 Å². The molecule has 0 aliphatic rings. The van der Waals surface area contributed by atoms with Crippen LogP contribution < -0.4 is 5.73 Å². The number of halogens is 2. The number of rotatable bonds is 2. The molecule has 0 spiro atoms. The Balaban J connectivity index is 2.48. The highest BCUT2D eigenvalue weighted by molar-refractivity contribution is 9.10. The predicted octanol–water partition coefficient (Wildman–Crippen LogP) is 3.71. The first-order valence-electron chi connectivity index (χ1n) is 5.35. The first kappa shape index (κ1) is 12.8. The quantitative estimate of drug-likeness (QED) is 0.679. The molecule has 0 bridgehead atoms. The zero-order chi connectivity index (χ0) is 13.3. The lowest BCUT2D eigenvalue weighted by Gasteiger charge is -2.08. The van der Waals surface area contributed by atoms with Crippen LogP contribution in [0, 0.1) is 12.7 Å². The van der Waals surface area contributed by atoms with E-state index in [4.69, 9.17) is 5.73 Å². The second-order valence-corrected chi connectivity index (χ2v) is 4.83. The van der Waals surface area contributed by atoms with Crippen molar-refractivity contribution in [2.45, 2.75) is 6.92 Å². The highest BCUT2D eigenvalue weighted by Crippen LogP contribution is 2.22. The maximum atomic E-state index is 13.1. The molecular weight excluding hydrogens is 297 g/mol. The van der Waals surface area contributed by atoms with Crippen LogP contribution in [0.3, 0.4) is 0 Å². The molecule has 4 heteroatoms. The number of hydrogen-bond donors (Lipinski definition) is 1. The summed E-state index contributed by atoms with van der Waals surface area (Å²) in [5.41, 5.74) is 8.04. The number of hydrogen-bond acceptors (Lipinski definition) is 2. The van der Waals surface area contributed by atoms with Crippen molar-refractivity contribution < 1.29 is 9.18 Å². The van der Waals surface area contributed by atoms with Gasteiger partial charge >= 0.3 is 0 Å². The van der Waals surface area contributed by atoms with Crippen LogP contribution >= 0.6 is 15.9 Å². The van der Waals surface area contributed by atoms with Crippen LogP contribution in [0.15, 0.2) is 40.9 Å². The summed E-state index contributed by atoms with van der Waals surface area (Å²) in [4.78, 5) is 12.3. The van der Waals surface area contributed by atoms with Gasteiger partial charge in [-0.25, -0.2) is 4.39 Å². The van der Waals surface area contributed by atoms with Crippen molar-refractivity contribution in [3.05, 3.63) is 63.4 Å². The van der Waals surface area contributed by atoms with E-state index in [-0.39, 0.29) is 10.3 Å². The van der Waals surface area contributed by atoms with Crippen LogP contribution in [0.5, 0.6) is 0 Å². The Hall–Kier alpha value is -1.68. The number of carbonyl (C=O) groups excluding carboxylic acids is 1. The SMILES string of the molecule is Cc1c(N)cccc1C(=O)c1ccc(F)c(Br)c1. The molecule has 0 aliphatic carbocycles. The molecule has 2 nitrogen and oxygen atoms in total. The Morgan fingerprint density at radius 2 is 2.00 bits per heavy atom. The van der Waals surface area contributed by atoms with Crippen molar-refractivity contribution in [2.24, 2.45) is 0 Å². The molecule has 0 saturated heterocycles. The fourth-order valence-electron chi connectivity index (χ4n) is 1.69. The molecule has 0 atom stereocenters. The molecule has 0 saturated carbocycles. The molecule has 2 N–H and O–H groups in total. The average Bonchev–Trinajstić information content (AvgIpc) is 2.35. The lowest BCUT2D eigenvalue weighted by molar-refractivity contribution is 0.103. The third-order valence-electron chi connectivity index (χ3n) is 2.80. The van der Waals surface area contributed by atoms with E-state index < -0.39 is 5.82 Å². The van der Waals surface area contributed by atoms with Gasteiger partial charge in [-0.15, -0.1) is 0 Å². The van der Waals surface area contributed by atoms with Crippen LogP contribution in [-0.4, -0.2) is 5.78 Å². The highest BCUT2D eigenvalue weighted by Gasteiger charge is 2.14. The van der Waals surface area contributed by atoms with Gasteiger partial charge in [-0.1, -0.05) is 12.1 Å². The Bertz CT molecular complexity index is 625. The van der Waals surface area contributed by atoms with Crippen molar-refractivity contribution in [2.75, 3.05) is 5.73 Å². The summed E-state index contributed by atoms with van der Waals surface area (Å²) < 4.78 is 13.4. The van der Waals surface area contributed by atoms with E-state index in [1.807, 2.05) is 0 Å². The molecule has 0 radical (unpaired) electrons. The number of benzene rings is 2. The van der Waals surface area contributed by atoms with Crippen molar-refractivity contribution in [3.8, 4) is 0 Å². The Morgan fingerprint density at radius 1 is 1.28 bits per heavy atom. The molecule has 0 fully saturated rings. The second kappa shape index (κ2) is 4.90. The van der Waals surface area contributed by atoms with E-state index in [1.54, 1.807) is 25.1 Å². The second-order valence-electron chi connectivity index (χ2n) is 3.98. The lowest BCUT2D eigenvalue weighted by atomic mass is 9.98. The average molecular weight is 308 g/mol. The van der Waals surface area contributed by atoms with Crippen LogP contribution in [-0.2, 0) is 0 Å². The number of nitrogen functional groups attached to an aromatic ring is 1. The van der Waals surface area contributed by atoms with Crippen LogP contribution in [0.25, 0.3) is 0 Å². The van der Waals surface area contributed by atoms with Gasteiger partial charge in [0.15, 0.2) is 5.78 Å². The van der Waals surface area contributed by atoms with E-state index in [1.165, 1.54) is 18.2 Å². The smallest absolute Gasteiger partial charge is 0.193 e. The molecule has 0 heterocycles. The summed E-state index contributed by atoms with van der Waals surface area (Å²) in [6, 6.07) is 9.39. The Morgan fingerprint density at radius 3 is 2.67 bits per heavy atom. The van der Waals surface area contributed by atoms with Gasteiger partial charge in [-0.2, -0.15) is 0 Å². The minimum Gasteiger partial charge on any atom is -0.398 e. The minimum atomic E-state index is -0.393. The van der Waals surface area contributed by atoms with E-state index in [0.29, 0.717) is 16.8 Å². The molecular formula is C14H11BrFNO. The number of nitrogens with two attached hydrogens (primary N) is 1. The Kier molecular flexibility index (Phi) is 3.48. The van der Waals surface area contributed by atoms with Gasteiger partial charge in [0.2, 0.25) is 0 Å². The summed E-state index contributed by atoms with van der Waals surface area (Å²) in [6.45, 7) is 1.79. The van der Waals surface area contributed by atoms with Gasteiger partial charge in [0.25, 0.3) is 0 Å². The normalized spacial score (nSPS) is 10.4. The van der Waals surface area contributed by atoms with Crippen molar-refractivity contribution in [3.63, 3.8) is 0 Å². The van der Waals surface area contributed by atoms with E-state index in [2.05, 4.69) is 15.9 Å². The molecule has 0 aliphatic heterocycles. The van der Waals surface area contributed by atoms with Crippen LogP contribution in [0.4, 0.5) is 10.1 Å². The van der Waals surface area contributed by atoms with Crippen LogP contribution in [0.1, 0.15) is 21.5 Å². The third-order valence-corrected chi connectivity index (χ3v) is 3.41. The van der Waals surface area contributed by atoms with Gasteiger partial charge in [0.05, 0.1) is 4.47 Å². The third kappa shape index (κ3) is 2.29. The molecule has 0 aromatic heterocycles. The van der Waals surface area contributed by atoms with Gasteiger partial charge in [0.1, 0.15) is 5.82 Å². The monoisotopic (exact) mass is 307 g/mol. The Labute approximate surface area is 113 Å². The summed E-state index contributed by atoms with van der Waals surface area (Å²) >= 11 is 3.07. The summed E-state index contributed by atoms with van der Waals surface area (Å²) in [6.07, 6.45) is 0. The maximum absolute atomic E-state index is 13.1. The first-order valence-corrected chi connectivity index (χ1v) is 6.15. The predicted molar refractivity (Wildman–Crippen MR) is 73.1 cm³/mol. The zero-order valence-corrected chi connectivity index (χ0v) is 11.3. The first-order chi connectivity index (χ1) is 8.50. The fraction of sp³-hybridized carbons (Fsp3) is 0.0714. The highest BCUT2D eigenvalue weighted by atomic mass is 79.9. The topological polar surface area (TPSA) is 43.1 Å². The maximum Gasteiger partial charge on any atom is 0.193 e. The number of anilines is 1. The van der Waals surface area contributed by atoms with E-state index >= 15 is 0 Å². The molecule has 92 valence electrons. The summed E-state index contributed by atoms with van der Waals surface area (Å²) in [5, 5.41) is 0. The zero-order valence-electron chi connectivity index (χ0n) is 9.71. The van der Waals surface area contributed by atoms with Gasteiger partial charge < -0.3 is 5.73 Å². The summed E-state index contributed by atoms with van der Waals surface area (Å²) in [7, 11) is 0. The van der Waals surface area contributed by atoms with Crippen molar-refractivity contribution in [1.82, 2.24) is 0 Å². The standard InChI is InChI=1S/C14H11BrFNO/c1-8-10(3-2-4-13(8)17)14(18)9-5-6-12(16)11(15)7-9/h2-7H,17H2,1H3. The molecule has 2 aromatic rings. The number of carbonyl (C=O) groups is 1. The molecule has 0 unspecified atom stereocenters. The van der Waals surface area contributed by atoms with Crippen molar-refractivity contribution in [1.29, 1.82) is 0 Å². The fourth-order valence-corrected chi connectivity index (χ4v) is 2.07. The molecule has 18 heavy (non-hydrogen) atoms. The lowest BCUT2D eigenvalue weighted by Crippen LogP contribution is -2.05. The largest absolute Gasteiger partial charge is 0.398 e. The van der Waals surface area contributed by atoms with E-state index in [9.17, 15) is 9.18 Å². The molecule has 2 aromatic carbocycles. The van der Waals surface area contributed by atoms with E-state index in [0.717, 1.165) is 5.56 Å². The minimum absolute atomic E-state index is 0.166. The molecule has 0 amide bonds. The van der Waals surface area contributed by atoms with Crippen molar-refractivity contribution >= 4 is 27.4 Å². The van der Waals surface area contributed by atoms with Gasteiger partial charge in [0, 0.05) is 16.8 Å². The summed E-state index contributed by atoms with van der Waals surface area (Å²) in [5.74, 6) is -0.559.